The molecule has 0 radical (unpaired) electrons. The van der Waals surface area contributed by atoms with Gasteiger partial charge < -0.3 is 10.1 Å². The second-order valence-corrected chi connectivity index (χ2v) is 9.47. The molecule has 1 aliphatic rings. The van der Waals surface area contributed by atoms with E-state index in [1.54, 1.807) is 7.11 Å². The maximum Gasteiger partial charge on any atom is 0.240 e. The van der Waals surface area contributed by atoms with Crippen LogP contribution in [0.1, 0.15) is 17.2 Å². The lowest BCUT2D eigenvalue weighted by Crippen LogP contribution is -2.49. The average Bonchev–Trinajstić information content (AvgIpc) is 3.27. The second kappa shape index (κ2) is 10.3. The molecule has 7 heteroatoms. The summed E-state index contributed by atoms with van der Waals surface area (Å²) < 4.78 is 6.27. The van der Waals surface area contributed by atoms with Crippen molar-refractivity contribution in [3.8, 4) is 5.75 Å². The van der Waals surface area contributed by atoms with Gasteiger partial charge in [0.05, 0.1) is 29.9 Å². The number of fused-ring (bicyclic) bond motifs is 1. The Morgan fingerprint density at radius 3 is 2.24 bits per heavy atom. The number of thiazole rings is 1. The van der Waals surface area contributed by atoms with Crippen LogP contribution in [0.5, 0.6) is 5.75 Å². The minimum absolute atomic E-state index is 0.0258. The number of hydrogen-bond donors (Lipinski definition) is 1. The highest BCUT2D eigenvalue weighted by Gasteiger charge is 2.27. The summed E-state index contributed by atoms with van der Waals surface area (Å²) >= 11 is 1.47. The summed E-state index contributed by atoms with van der Waals surface area (Å²) in [5.41, 5.74) is 3.46. The van der Waals surface area contributed by atoms with Crippen LogP contribution in [0.25, 0.3) is 10.2 Å². The van der Waals surface area contributed by atoms with Crippen LogP contribution >= 0.6 is 11.3 Å². The lowest BCUT2D eigenvalue weighted by molar-refractivity contribution is -0.117. The van der Waals surface area contributed by atoms with Gasteiger partial charge in [0.1, 0.15) is 5.75 Å². The molecule has 3 aromatic carbocycles. The molecule has 174 valence electrons. The van der Waals surface area contributed by atoms with E-state index in [0.29, 0.717) is 11.7 Å². The largest absolute Gasteiger partial charge is 0.497 e. The highest BCUT2D eigenvalue weighted by atomic mass is 32.1. The molecule has 1 aromatic heterocycles. The lowest BCUT2D eigenvalue weighted by atomic mass is 9.96. The Kier molecular flexibility index (Phi) is 6.85. The minimum Gasteiger partial charge on any atom is -0.497 e. The molecule has 4 aromatic rings. The topological polar surface area (TPSA) is 57.7 Å². The Labute approximate surface area is 203 Å². The van der Waals surface area contributed by atoms with Crippen molar-refractivity contribution in [1.82, 2.24) is 14.8 Å². The Hall–Kier alpha value is -3.26. The minimum atomic E-state index is -0.0258. The summed E-state index contributed by atoms with van der Waals surface area (Å²) in [6.45, 7) is 3.88. The molecule has 6 nitrogen and oxygen atoms in total. The summed E-state index contributed by atoms with van der Waals surface area (Å²) in [5.74, 6) is 0.762. The lowest BCUT2D eigenvalue weighted by Gasteiger charge is -2.39. The molecule has 1 fully saturated rings. The Balaban J connectivity index is 1.20. The molecule has 5 rings (SSSR count). The van der Waals surface area contributed by atoms with Crippen molar-refractivity contribution >= 4 is 32.6 Å². The van der Waals surface area contributed by atoms with Gasteiger partial charge in [0.25, 0.3) is 0 Å². The van der Waals surface area contributed by atoms with Crippen molar-refractivity contribution in [2.24, 2.45) is 0 Å². The zero-order valence-electron chi connectivity index (χ0n) is 19.2. The fourth-order valence-electron chi connectivity index (χ4n) is 4.51. The summed E-state index contributed by atoms with van der Waals surface area (Å²) in [4.78, 5) is 22.0. The zero-order valence-corrected chi connectivity index (χ0v) is 20.0. The van der Waals surface area contributed by atoms with Crippen molar-refractivity contribution in [3.63, 3.8) is 0 Å². The second-order valence-electron chi connectivity index (χ2n) is 8.44. The number of anilines is 1. The Bertz CT molecular complexity index is 1200. The molecule has 1 saturated heterocycles. The molecule has 1 amide bonds. The van der Waals surface area contributed by atoms with E-state index in [0.717, 1.165) is 42.1 Å². The van der Waals surface area contributed by atoms with E-state index in [2.05, 4.69) is 80.8 Å². The monoisotopic (exact) mass is 472 g/mol. The van der Waals surface area contributed by atoms with E-state index in [1.165, 1.54) is 22.5 Å². The van der Waals surface area contributed by atoms with Gasteiger partial charge in [-0.1, -0.05) is 72.0 Å². The number of piperazine rings is 1. The van der Waals surface area contributed by atoms with E-state index in [4.69, 9.17) is 4.74 Å². The van der Waals surface area contributed by atoms with Gasteiger partial charge in [0, 0.05) is 26.2 Å². The molecule has 34 heavy (non-hydrogen) atoms. The first kappa shape index (κ1) is 22.5. The predicted molar refractivity (Wildman–Crippen MR) is 138 cm³/mol. The van der Waals surface area contributed by atoms with Crippen LogP contribution in [0, 0.1) is 0 Å². The predicted octanol–water partition coefficient (Wildman–Crippen LogP) is 4.65. The van der Waals surface area contributed by atoms with Crippen molar-refractivity contribution < 1.29 is 9.53 Å². The molecule has 2 heterocycles. The van der Waals surface area contributed by atoms with E-state index >= 15 is 0 Å². The van der Waals surface area contributed by atoms with Gasteiger partial charge in [0.2, 0.25) is 5.91 Å². The van der Waals surface area contributed by atoms with Crippen LogP contribution in [0.15, 0.2) is 78.9 Å². The molecular weight excluding hydrogens is 444 g/mol. The van der Waals surface area contributed by atoms with Crippen LogP contribution in [0.2, 0.25) is 0 Å². The van der Waals surface area contributed by atoms with Gasteiger partial charge in [-0.3, -0.25) is 14.6 Å². The summed E-state index contributed by atoms with van der Waals surface area (Å²) in [7, 11) is 1.65. The number of methoxy groups -OCH3 is 1. The Morgan fingerprint density at radius 1 is 0.971 bits per heavy atom. The summed E-state index contributed by atoms with van der Waals surface area (Å²) in [6.07, 6.45) is 0. The number of carbonyl (C=O) groups excluding carboxylic acids is 1. The average molecular weight is 473 g/mol. The third-order valence-electron chi connectivity index (χ3n) is 6.21. The fourth-order valence-corrected chi connectivity index (χ4v) is 5.42. The van der Waals surface area contributed by atoms with Gasteiger partial charge in [0.15, 0.2) is 5.13 Å². The number of nitrogens with zero attached hydrogens (tertiary/aromatic N) is 3. The van der Waals surface area contributed by atoms with Gasteiger partial charge >= 0.3 is 0 Å². The highest BCUT2D eigenvalue weighted by molar-refractivity contribution is 7.22. The third kappa shape index (κ3) is 5.12. The van der Waals surface area contributed by atoms with E-state index in [-0.39, 0.29) is 11.9 Å². The molecule has 0 atom stereocenters. The zero-order chi connectivity index (χ0) is 23.3. The quantitative estimate of drug-likeness (QED) is 0.424. The fraction of sp³-hybridized carbons (Fsp3) is 0.259. The molecule has 0 aliphatic carbocycles. The number of hydrogen-bond acceptors (Lipinski definition) is 6. The van der Waals surface area contributed by atoms with Crippen molar-refractivity contribution in [2.45, 2.75) is 6.04 Å². The molecular formula is C27H28N4O2S. The molecule has 0 bridgehead atoms. The SMILES string of the molecule is COc1ccc2nc(NC(=O)CN3CCN(C(c4ccccc4)c4ccccc4)CC3)sc2c1. The number of rotatable bonds is 7. The van der Waals surface area contributed by atoms with Gasteiger partial charge in [-0.2, -0.15) is 0 Å². The maximum absolute atomic E-state index is 12.7. The van der Waals surface area contributed by atoms with Crippen molar-refractivity contribution in [2.75, 3.05) is 45.2 Å². The normalized spacial score (nSPS) is 15.0. The molecule has 0 saturated carbocycles. The molecule has 1 N–H and O–H groups in total. The van der Waals surface area contributed by atoms with Crippen LogP contribution < -0.4 is 10.1 Å². The van der Waals surface area contributed by atoms with E-state index < -0.39 is 0 Å². The highest BCUT2D eigenvalue weighted by Crippen LogP contribution is 2.30. The summed E-state index contributed by atoms with van der Waals surface area (Å²) in [6, 6.07) is 27.3. The van der Waals surface area contributed by atoms with Gasteiger partial charge in [-0.25, -0.2) is 4.98 Å². The van der Waals surface area contributed by atoms with Crippen molar-refractivity contribution in [1.29, 1.82) is 0 Å². The van der Waals surface area contributed by atoms with Crippen LogP contribution in [0.3, 0.4) is 0 Å². The molecule has 1 aliphatic heterocycles. The first-order valence-electron chi connectivity index (χ1n) is 11.5. The van der Waals surface area contributed by atoms with Crippen molar-refractivity contribution in [3.05, 3.63) is 90.0 Å². The Morgan fingerprint density at radius 2 is 1.62 bits per heavy atom. The number of aromatic nitrogens is 1. The van der Waals surface area contributed by atoms with E-state index in [9.17, 15) is 4.79 Å². The van der Waals surface area contributed by atoms with E-state index in [1.807, 2.05) is 18.2 Å². The number of amides is 1. The number of ether oxygens (including phenoxy) is 1. The van der Waals surface area contributed by atoms with Crippen LogP contribution in [-0.2, 0) is 4.79 Å². The molecule has 0 unspecified atom stereocenters. The standard InChI is InChI=1S/C27H28N4O2S/c1-33-22-12-13-23-24(18-22)34-27(28-23)29-25(32)19-30-14-16-31(17-15-30)26(20-8-4-2-5-9-20)21-10-6-3-7-11-21/h2-13,18,26H,14-17,19H2,1H3,(H,28,29,32). The van der Waals surface area contributed by atoms with Gasteiger partial charge in [-0.15, -0.1) is 0 Å². The first-order chi connectivity index (χ1) is 16.7. The first-order valence-corrected chi connectivity index (χ1v) is 12.3. The van der Waals surface area contributed by atoms with Gasteiger partial charge in [-0.05, 0) is 29.3 Å². The summed E-state index contributed by atoms with van der Waals surface area (Å²) in [5, 5.41) is 3.60. The molecule has 0 spiro atoms. The number of nitrogens with one attached hydrogen (secondary N) is 1. The maximum atomic E-state index is 12.7. The van der Waals surface area contributed by atoms with Crippen LogP contribution in [-0.4, -0.2) is 60.5 Å². The number of carbonyl (C=O) groups is 1. The number of benzene rings is 3. The van der Waals surface area contributed by atoms with Crippen LogP contribution in [0.4, 0.5) is 5.13 Å². The smallest absolute Gasteiger partial charge is 0.240 e. The third-order valence-corrected chi connectivity index (χ3v) is 7.15.